The Bertz CT molecular complexity index is 340. The van der Waals surface area contributed by atoms with Crippen molar-refractivity contribution in [3.8, 4) is 0 Å². The SMILES string of the molecule is CCCNC(C)CC(C)(C)c1c(Br)nnn1C. The lowest BCUT2D eigenvalue weighted by atomic mass is 9.83. The summed E-state index contributed by atoms with van der Waals surface area (Å²) in [4.78, 5) is 0. The van der Waals surface area contributed by atoms with E-state index >= 15 is 0 Å². The average Bonchev–Trinajstić information content (AvgIpc) is 2.55. The third-order valence-electron chi connectivity index (χ3n) is 2.99. The summed E-state index contributed by atoms with van der Waals surface area (Å²) in [6.07, 6.45) is 2.23. The number of nitrogens with zero attached hydrogens (tertiary/aromatic N) is 3. The highest BCUT2D eigenvalue weighted by molar-refractivity contribution is 9.10. The maximum atomic E-state index is 4.06. The van der Waals surface area contributed by atoms with Crippen molar-refractivity contribution in [1.82, 2.24) is 20.3 Å². The van der Waals surface area contributed by atoms with Gasteiger partial charge in [0.15, 0.2) is 4.60 Å². The fourth-order valence-corrected chi connectivity index (χ4v) is 3.24. The molecule has 0 aliphatic rings. The zero-order valence-electron chi connectivity index (χ0n) is 11.4. The first-order valence-electron chi connectivity index (χ1n) is 6.17. The number of nitrogens with one attached hydrogen (secondary N) is 1. The van der Waals surface area contributed by atoms with Crippen molar-refractivity contribution in [2.75, 3.05) is 6.54 Å². The molecule has 0 bridgehead atoms. The van der Waals surface area contributed by atoms with Crippen LogP contribution in [0.4, 0.5) is 0 Å². The standard InChI is InChI=1S/C12H23BrN4/c1-6-7-14-9(2)8-12(3,4)10-11(13)15-16-17(10)5/h9,14H,6-8H2,1-5H3. The van der Waals surface area contributed by atoms with E-state index in [1.54, 1.807) is 0 Å². The van der Waals surface area contributed by atoms with E-state index in [1.807, 2.05) is 11.7 Å². The fourth-order valence-electron chi connectivity index (χ4n) is 2.37. The van der Waals surface area contributed by atoms with E-state index in [0.717, 1.165) is 23.3 Å². The quantitative estimate of drug-likeness (QED) is 0.878. The minimum atomic E-state index is 0.0528. The minimum Gasteiger partial charge on any atom is -0.314 e. The van der Waals surface area contributed by atoms with Crippen molar-refractivity contribution in [1.29, 1.82) is 0 Å². The van der Waals surface area contributed by atoms with Crippen LogP contribution in [0.3, 0.4) is 0 Å². The lowest BCUT2D eigenvalue weighted by Crippen LogP contribution is -2.34. The van der Waals surface area contributed by atoms with Gasteiger partial charge in [0, 0.05) is 18.5 Å². The Morgan fingerprint density at radius 2 is 2.12 bits per heavy atom. The summed E-state index contributed by atoms with van der Waals surface area (Å²) in [5.41, 5.74) is 1.21. The Labute approximate surface area is 112 Å². The number of hydrogen-bond donors (Lipinski definition) is 1. The Hall–Kier alpha value is -0.420. The number of aromatic nitrogens is 3. The van der Waals surface area contributed by atoms with Crippen molar-refractivity contribution in [2.45, 2.75) is 52.0 Å². The molecule has 1 aromatic rings. The highest BCUT2D eigenvalue weighted by atomic mass is 79.9. The van der Waals surface area contributed by atoms with E-state index in [9.17, 15) is 0 Å². The predicted molar refractivity (Wildman–Crippen MR) is 74.1 cm³/mol. The van der Waals surface area contributed by atoms with Crippen LogP contribution in [0.15, 0.2) is 4.60 Å². The van der Waals surface area contributed by atoms with Crippen molar-refractivity contribution in [3.05, 3.63) is 10.3 Å². The molecule has 1 unspecified atom stereocenters. The number of hydrogen-bond acceptors (Lipinski definition) is 3. The zero-order chi connectivity index (χ0) is 13.1. The molecule has 5 heteroatoms. The molecule has 98 valence electrons. The second kappa shape index (κ2) is 5.96. The Balaban J connectivity index is 2.74. The summed E-state index contributed by atoms with van der Waals surface area (Å²) in [5, 5.41) is 11.6. The van der Waals surface area contributed by atoms with Gasteiger partial charge in [0.2, 0.25) is 0 Å². The van der Waals surface area contributed by atoms with Crippen molar-refractivity contribution < 1.29 is 0 Å². The first-order valence-corrected chi connectivity index (χ1v) is 6.96. The van der Waals surface area contributed by atoms with Crippen molar-refractivity contribution in [3.63, 3.8) is 0 Å². The molecule has 1 rings (SSSR count). The molecule has 4 nitrogen and oxygen atoms in total. The van der Waals surface area contributed by atoms with Crippen LogP contribution in [0.1, 0.15) is 46.2 Å². The van der Waals surface area contributed by atoms with Gasteiger partial charge in [-0.1, -0.05) is 26.0 Å². The molecule has 0 aliphatic carbocycles. The normalized spacial score (nSPS) is 14.0. The molecule has 1 aromatic heterocycles. The summed E-state index contributed by atoms with van der Waals surface area (Å²) < 4.78 is 2.71. The largest absolute Gasteiger partial charge is 0.314 e. The number of aryl methyl sites for hydroxylation is 1. The Kier molecular flexibility index (Phi) is 5.13. The van der Waals surface area contributed by atoms with Crippen LogP contribution in [-0.2, 0) is 12.5 Å². The van der Waals surface area contributed by atoms with E-state index in [-0.39, 0.29) is 5.41 Å². The molecular formula is C12H23BrN4. The number of halogens is 1. The van der Waals surface area contributed by atoms with Gasteiger partial charge in [-0.3, -0.25) is 4.68 Å². The van der Waals surface area contributed by atoms with Gasteiger partial charge >= 0.3 is 0 Å². The molecule has 1 heterocycles. The molecular weight excluding hydrogens is 280 g/mol. The van der Waals surface area contributed by atoms with Gasteiger partial charge < -0.3 is 5.32 Å². The summed E-state index contributed by atoms with van der Waals surface area (Å²) in [6, 6.07) is 0.492. The van der Waals surface area contributed by atoms with Gasteiger partial charge in [-0.25, -0.2) is 0 Å². The van der Waals surface area contributed by atoms with E-state index in [0.29, 0.717) is 6.04 Å². The average molecular weight is 303 g/mol. The highest BCUT2D eigenvalue weighted by Gasteiger charge is 2.29. The third-order valence-corrected chi connectivity index (χ3v) is 3.52. The van der Waals surface area contributed by atoms with Crippen LogP contribution in [0.2, 0.25) is 0 Å². The Morgan fingerprint density at radius 1 is 1.47 bits per heavy atom. The summed E-state index contributed by atoms with van der Waals surface area (Å²) in [7, 11) is 1.94. The molecule has 0 aromatic carbocycles. The summed E-state index contributed by atoms with van der Waals surface area (Å²) >= 11 is 3.48. The van der Waals surface area contributed by atoms with Crippen LogP contribution in [-0.4, -0.2) is 27.6 Å². The monoisotopic (exact) mass is 302 g/mol. The summed E-state index contributed by atoms with van der Waals surface area (Å²) in [6.45, 7) is 9.96. The van der Waals surface area contributed by atoms with Crippen LogP contribution in [0, 0.1) is 0 Å². The molecule has 0 amide bonds. The topological polar surface area (TPSA) is 42.7 Å². The maximum absolute atomic E-state index is 4.06. The van der Waals surface area contributed by atoms with Gasteiger partial charge in [-0.15, -0.1) is 5.10 Å². The molecule has 0 radical (unpaired) electrons. The van der Waals surface area contributed by atoms with E-state index in [2.05, 4.69) is 59.3 Å². The van der Waals surface area contributed by atoms with E-state index in [4.69, 9.17) is 0 Å². The first kappa shape index (κ1) is 14.6. The van der Waals surface area contributed by atoms with Crippen molar-refractivity contribution >= 4 is 15.9 Å². The molecule has 0 spiro atoms. The highest BCUT2D eigenvalue weighted by Crippen LogP contribution is 2.32. The van der Waals surface area contributed by atoms with Gasteiger partial charge in [-0.05, 0) is 42.2 Å². The lowest BCUT2D eigenvalue weighted by Gasteiger charge is -2.28. The first-order chi connectivity index (χ1) is 7.88. The molecule has 17 heavy (non-hydrogen) atoms. The van der Waals surface area contributed by atoms with Crippen LogP contribution < -0.4 is 5.32 Å². The Morgan fingerprint density at radius 3 is 2.59 bits per heavy atom. The van der Waals surface area contributed by atoms with Gasteiger partial charge in [0.1, 0.15) is 0 Å². The second-order valence-electron chi connectivity index (χ2n) is 5.30. The molecule has 1 N–H and O–H groups in total. The van der Waals surface area contributed by atoms with Gasteiger partial charge in [0.05, 0.1) is 5.69 Å². The van der Waals surface area contributed by atoms with Crippen LogP contribution in [0.25, 0.3) is 0 Å². The molecule has 0 aliphatic heterocycles. The fraction of sp³-hybridized carbons (Fsp3) is 0.833. The predicted octanol–water partition coefficient (Wildman–Crippen LogP) is 2.63. The molecule has 0 saturated heterocycles. The minimum absolute atomic E-state index is 0.0528. The van der Waals surface area contributed by atoms with Crippen LogP contribution in [0.5, 0.6) is 0 Å². The molecule has 0 saturated carbocycles. The maximum Gasteiger partial charge on any atom is 0.152 e. The second-order valence-corrected chi connectivity index (χ2v) is 6.05. The van der Waals surface area contributed by atoms with Gasteiger partial charge in [-0.2, -0.15) is 0 Å². The van der Waals surface area contributed by atoms with Crippen LogP contribution >= 0.6 is 15.9 Å². The summed E-state index contributed by atoms with van der Waals surface area (Å²) in [5.74, 6) is 0. The third kappa shape index (κ3) is 3.78. The number of rotatable bonds is 6. The van der Waals surface area contributed by atoms with E-state index < -0.39 is 0 Å². The smallest absolute Gasteiger partial charge is 0.152 e. The van der Waals surface area contributed by atoms with E-state index in [1.165, 1.54) is 6.42 Å². The zero-order valence-corrected chi connectivity index (χ0v) is 13.0. The van der Waals surface area contributed by atoms with Crippen molar-refractivity contribution in [2.24, 2.45) is 7.05 Å². The molecule has 1 atom stereocenters. The molecule has 0 fully saturated rings. The lowest BCUT2D eigenvalue weighted by molar-refractivity contribution is 0.369. The van der Waals surface area contributed by atoms with Gasteiger partial charge in [0.25, 0.3) is 0 Å².